The van der Waals surface area contributed by atoms with Crippen molar-refractivity contribution in [3.05, 3.63) is 119 Å². The highest BCUT2D eigenvalue weighted by molar-refractivity contribution is 5.91. The second-order valence-corrected chi connectivity index (χ2v) is 26.5. The average molecular weight is 1280 g/mol. The van der Waals surface area contributed by atoms with Crippen molar-refractivity contribution in [2.45, 2.75) is 113 Å². The number of carbonyl (C=O) groups is 6. The third-order valence-corrected chi connectivity index (χ3v) is 16.6. The van der Waals surface area contributed by atoms with Crippen LogP contribution in [0.15, 0.2) is 97.1 Å². The number of unbranched alkanes of at least 4 members (excludes halogenated alkanes) is 2. The van der Waals surface area contributed by atoms with Crippen molar-refractivity contribution < 1.29 is 71.4 Å². The van der Waals surface area contributed by atoms with Gasteiger partial charge in [0.25, 0.3) is 0 Å². The van der Waals surface area contributed by atoms with E-state index in [2.05, 4.69) is 13.8 Å². The standard InChI is InChI=1S/C73H108N4O15/c1-17-22-24-54(19-3)64(78)87-45-70(6,47-89-66(80)56-26-34-60(35-27-56)74(9)10)42-84-51-73(21-5,52-85-43-71(7,46-88-65(79)55(20-4)25-23-18-2)48-90-67(81)57-28-36-61(37-29-57)75(11)12)53-86-44-72(8,49-91-68(82)58-30-38-62(39-31-58)76(13)14)50-92-69(83)59-32-40-63(41-33-59)77(15)16/h26-41,54-55H,17-25,42-53H2,1-16H3. The van der Waals surface area contributed by atoms with Crippen molar-refractivity contribution in [2.24, 2.45) is 33.5 Å². The SMILES string of the molecule is CCCCC(CC)C(=O)OCC(C)(COCC(CC)(COCC(C)(COC(=O)c1ccc(N(C)C)cc1)COC(=O)c1ccc(N(C)C)cc1)COCC(C)(COC(=O)c1ccc(N(C)C)cc1)COC(=O)C(CC)CCCC)COC(=O)c1ccc(N(C)C)cc1. The molecule has 0 aliphatic rings. The summed E-state index contributed by atoms with van der Waals surface area (Å²) in [6.07, 6.45) is 6.59. The number of benzene rings is 4. The van der Waals surface area contributed by atoms with Crippen LogP contribution in [0.5, 0.6) is 0 Å². The molecule has 4 unspecified atom stereocenters. The quantitative estimate of drug-likeness (QED) is 0.0299. The zero-order valence-corrected chi connectivity index (χ0v) is 58.2. The zero-order valence-electron chi connectivity index (χ0n) is 58.2. The largest absolute Gasteiger partial charge is 0.465 e. The molecule has 0 spiro atoms. The van der Waals surface area contributed by atoms with E-state index in [-0.39, 0.29) is 103 Å². The second-order valence-electron chi connectivity index (χ2n) is 26.5. The van der Waals surface area contributed by atoms with Gasteiger partial charge >= 0.3 is 35.8 Å². The fourth-order valence-corrected chi connectivity index (χ4v) is 9.83. The van der Waals surface area contributed by atoms with Gasteiger partial charge in [-0.2, -0.15) is 0 Å². The van der Waals surface area contributed by atoms with Crippen LogP contribution in [0, 0.1) is 33.5 Å². The number of carbonyl (C=O) groups excluding carboxylic acids is 6. The fourth-order valence-electron chi connectivity index (χ4n) is 9.83. The van der Waals surface area contributed by atoms with Gasteiger partial charge in [-0.25, -0.2) is 19.2 Å². The third kappa shape index (κ3) is 25.4. The van der Waals surface area contributed by atoms with Crippen LogP contribution in [0.1, 0.15) is 155 Å². The molecule has 0 fully saturated rings. The van der Waals surface area contributed by atoms with Crippen molar-refractivity contribution in [1.82, 2.24) is 0 Å². The van der Waals surface area contributed by atoms with E-state index < -0.39 is 45.5 Å². The summed E-state index contributed by atoms with van der Waals surface area (Å²) in [5.74, 6) is -3.52. The molecule has 0 saturated carbocycles. The van der Waals surface area contributed by atoms with Crippen molar-refractivity contribution in [3.8, 4) is 0 Å². The molecule has 0 aromatic heterocycles. The Morgan fingerprint density at radius 1 is 0.337 bits per heavy atom. The lowest BCUT2D eigenvalue weighted by molar-refractivity contribution is -0.158. The minimum atomic E-state index is -1.10. The Morgan fingerprint density at radius 2 is 0.565 bits per heavy atom. The van der Waals surface area contributed by atoms with E-state index in [1.807, 2.05) is 166 Å². The summed E-state index contributed by atoms with van der Waals surface area (Å²) in [7, 11) is 15.3. The number of ether oxygens (including phenoxy) is 9. The van der Waals surface area contributed by atoms with Crippen LogP contribution in [0.4, 0.5) is 22.7 Å². The van der Waals surface area contributed by atoms with Gasteiger partial charge in [0.15, 0.2) is 0 Å². The Morgan fingerprint density at radius 3 is 0.761 bits per heavy atom. The van der Waals surface area contributed by atoms with Gasteiger partial charge in [-0.3, -0.25) is 9.59 Å². The minimum absolute atomic E-state index is 0.00252. The van der Waals surface area contributed by atoms with Gasteiger partial charge in [0, 0.05) is 84.5 Å². The van der Waals surface area contributed by atoms with E-state index in [4.69, 9.17) is 42.6 Å². The molecule has 0 amide bonds. The highest BCUT2D eigenvalue weighted by atomic mass is 16.6. The van der Waals surface area contributed by atoms with Crippen LogP contribution in [0.25, 0.3) is 0 Å². The smallest absolute Gasteiger partial charge is 0.338 e. The summed E-state index contributed by atoms with van der Waals surface area (Å²) in [4.78, 5) is 89.8. The lowest BCUT2D eigenvalue weighted by Crippen LogP contribution is -2.44. The molecule has 0 bridgehead atoms. The molecule has 0 N–H and O–H groups in total. The maximum atomic E-state index is 13.7. The summed E-state index contributed by atoms with van der Waals surface area (Å²) < 4.78 is 56.4. The van der Waals surface area contributed by atoms with Crippen LogP contribution in [-0.2, 0) is 52.2 Å². The van der Waals surface area contributed by atoms with Crippen molar-refractivity contribution >= 4 is 58.6 Å². The fraction of sp³-hybridized carbons (Fsp3) is 0.589. The molecule has 0 aliphatic carbocycles. The molecule has 19 nitrogen and oxygen atoms in total. The number of esters is 6. The van der Waals surface area contributed by atoms with Gasteiger partial charge < -0.3 is 62.2 Å². The summed E-state index contributed by atoms with van der Waals surface area (Å²) in [5.41, 5.74) is 0.869. The molecular formula is C73H108N4O15. The van der Waals surface area contributed by atoms with Crippen LogP contribution in [-0.4, -0.2) is 171 Å². The van der Waals surface area contributed by atoms with Crippen LogP contribution in [0.2, 0.25) is 0 Å². The summed E-state index contributed by atoms with van der Waals surface area (Å²) >= 11 is 0. The first kappa shape index (κ1) is 77.2. The lowest BCUT2D eigenvalue weighted by Gasteiger charge is -2.37. The summed E-state index contributed by atoms with van der Waals surface area (Å²) in [6.45, 7) is 14.5. The number of hydrogen-bond donors (Lipinski definition) is 0. The monoisotopic (exact) mass is 1280 g/mol. The lowest BCUT2D eigenvalue weighted by atomic mass is 9.86. The van der Waals surface area contributed by atoms with E-state index in [0.717, 1.165) is 48.4 Å². The van der Waals surface area contributed by atoms with Gasteiger partial charge in [0.2, 0.25) is 0 Å². The van der Waals surface area contributed by atoms with E-state index in [1.165, 1.54) is 0 Å². The van der Waals surface area contributed by atoms with E-state index in [0.29, 0.717) is 54.4 Å². The maximum absolute atomic E-state index is 13.7. The van der Waals surface area contributed by atoms with Crippen molar-refractivity contribution in [1.29, 1.82) is 0 Å². The van der Waals surface area contributed by atoms with Crippen molar-refractivity contribution in [3.63, 3.8) is 0 Å². The predicted octanol–water partition coefficient (Wildman–Crippen LogP) is 12.7. The summed E-state index contributed by atoms with van der Waals surface area (Å²) in [6, 6.07) is 28.2. The topological polar surface area (TPSA) is 198 Å². The first-order valence-corrected chi connectivity index (χ1v) is 32.5. The van der Waals surface area contributed by atoms with E-state index in [1.54, 1.807) is 48.5 Å². The Balaban J connectivity index is 1.72. The maximum Gasteiger partial charge on any atom is 0.338 e. The van der Waals surface area contributed by atoms with Gasteiger partial charge in [-0.15, -0.1) is 0 Å². The molecule has 92 heavy (non-hydrogen) atoms. The second kappa shape index (κ2) is 38.1. The van der Waals surface area contributed by atoms with Crippen molar-refractivity contribution in [2.75, 3.05) is 155 Å². The molecule has 510 valence electrons. The molecule has 19 heteroatoms. The Kier molecular flexibility index (Phi) is 32.0. The molecule has 4 aromatic carbocycles. The number of anilines is 4. The van der Waals surface area contributed by atoms with Gasteiger partial charge in [0.1, 0.15) is 39.6 Å². The number of rotatable bonds is 43. The van der Waals surface area contributed by atoms with Crippen LogP contribution in [0.3, 0.4) is 0 Å². The molecule has 4 rings (SSSR count). The molecule has 0 saturated heterocycles. The first-order chi connectivity index (χ1) is 43.7. The van der Waals surface area contributed by atoms with Gasteiger partial charge in [-0.05, 0) is 129 Å². The molecule has 0 heterocycles. The van der Waals surface area contributed by atoms with Crippen LogP contribution < -0.4 is 19.6 Å². The summed E-state index contributed by atoms with van der Waals surface area (Å²) in [5, 5.41) is 0. The minimum Gasteiger partial charge on any atom is -0.465 e. The third-order valence-electron chi connectivity index (χ3n) is 16.6. The predicted molar refractivity (Wildman–Crippen MR) is 362 cm³/mol. The zero-order chi connectivity index (χ0) is 68.1. The highest BCUT2D eigenvalue weighted by Crippen LogP contribution is 2.32. The Bertz CT molecular complexity index is 2700. The Labute approximate surface area is 549 Å². The first-order valence-electron chi connectivity index (χ1n) is 32.5. The normalized spacial score (nSPS) is 14.0. The Hall–Kier alpha value is -7.22. The molecule has 4 atom stereocenters. The molecule has 0 radical (unpaired) electrons. The van der Waals surface area contributed by atoms with Gasteiger partial charge in [-0.1, -0.05) is 81.1 Å². The molecular weight excluding hydrogens is 1170 g/mol. The molecule has 4 aromatic rings. The van der Waals surface area contributed by atoms with E-state index in [9.17, 15) is 28.8 Å². The number of hydrogen-bond acceptors (Lipinski definition) is 19. The average Bonchev–Trinajstić information content (AvgIpc) is 1.41. The molecule has 0 aliphatic heterocycles. The van der Waals surface area contributed by atoms with Crippen LogP contribution >= 0.6 is 0 Å². The highest BCUT2D eigenvalue weighted by Gasteiger charge is 2.39. The van der Waals surface area contributed by atoms with Gasteiger partial charge in [0.05, 0.1) is 90.0 Å². The number of nitrogens with zero attached hydrogens (tertiary/aromatic N) is 4. The van der Waals surface area contributed by atoms with E-state index >= 15 is 0 Å².